The van der Waals surface area contributed by atoms with Gasteiger partial charge in [-0.2, -0.15) is 0 Å². The summed E-state index contributed by atoms with van der Waals surface area (Å²) in [5.74, 6) is -2.29. The van der Waals surface area contributed by atoms with Crippen LogP contribution in [-0.2, 0) is 30.3 Å². The molecule has 1 fully saturated rings. The molecule has 1 aliphatic rings. The van der Waals surface area contributed by atoms with Crippen molar-refractivity contribution in [1.82, 2.24) is 0 Å². The minimum Gasteiger partial charge on any atom is -0.452 e. The first-order chi connectivity index (χ1) is 21.0. The minimum atomic E-state index is -1.74. The fourth-order valence-electron chi connectivity index (χ4n) is 4.60. The molecule has 5 atom stereocenters. The maximum absolute atomic E-state index is 13.3. The highest BCUT2D eigenvalue weighted by Crippen LogP contribution is 2.30. The second-order valence-corrected chi connectivity index (χ2v) is 9.77. The molecular formula is C34H30O9. The van der Waals surface area contributed by atoms with Gasteiger partial charge < -0.3 is 28.8 Å². The SMILES string of the molecule is O=C(O[C@@H]1[C@@H](OC(=O)c2ccccc2)[C@H](O)O[C@H](COCc2ccccc2)[C@@H]1OC(=O)c1ccccc1)c1ccccc1. The van der Waals surface area contributed by atoms with Crippen LogP contribution in [0, 0.1) is 0 Å². The molecule has 0 radical (unpaired) electrons. The summed E-state index contributed by atoms with van der Waals surface area (Å²) < 4.78 is 29.1. The quantitative estimate of drug-likeness (QED) is 0.212. The number of aliphatic hydroxyl groups excluding tert-OH is 1. The van der Waals surface area contributed by atoms with Gasteiger partial charge in [0.2, 0.25) is 0 Å². The maximum atomic E-state index is 13.3. The van der Waals surface area contributed by atoms with E-state index in [1.807, 2.05) is 30.3 Å². The Kier molecular flexibility index (Phi) is 9.91. The van der Waals surface area contributed by atoms with Crippen molar-refractivity contribution in [2.75, 3.05) is 6.61 Å². The molecule has 0 aliphatic carbocycles. The van der Waals surface area contributed by atoms with Crippen LogP contribution < -0.4 is 0 Å². The van der Waals surface area contributed by atoms with Crippen molar-refractivity contribution in [1.29, 1.82) is 0 Å². The monoisotopic (exact) mass is 582 g/mol. The Hall–Kier alpha value is -4.83. The zero-order chi connectivity index (χ0) is 30.0. The predicted molar refractivity (Wildman–Crippen MR) is 154 cm³/mol. The third kappa shape index (κ3) is 7.72. The highest BCUT2D eigenvalue weighted by molar-refractivity contribution is 5.91. The fraction of sp³-hybridized carbons (Fsp3) is 0.206. The molecule has 0 bridgehead atoms. The Morgan fingerprint density at radius 1 is 0.558 bits per heavy atom. The van der Waals surface area contributed by atoms with E-state index in [9.17, 15) is 19.5 Å². The summed E-state index contributed by atoms with van der Waals surface area (Å²) in [7, 11) is 0. The number of carbonyl (C=O) groups is 3. The smallest absolute Gasteiger partial charge is 0.338 e. The standard InChI is InChI=1S/C34H30O9/c35-31(24-15-7-2-8-16-24)41-28-27(22-39-21-23-13-5-1-6-14-23)40-34(38)30(43-33(37)26-19-11-4-12-20-26)29(28)42-32(36)25-17-9-3-10-18-25/h1-20,27-30,34,38H,21-22H2/t27-,28+,29+,30-,34-/m1/s1. The molecule has 0 unspecified atom stereocenters. The average Bonchev–Trinajstić information content (AvgIpc) is 3.05. The number of hydrogen-bond acceptors (Lipinski definition) is 9. The van der Waals surface area contributed by atoms with E-state index in [1.54, 1.807) is 78.9 Å². The van der Waals surface area contributed by atoms with Crippen LogP contribution in [0.2, 0.25) is 0 Å². The van der Waals surface area contributed by atoms with Crippen LogP contribution in [-0.4, -0.2) is 60.3 Å². The lowest BCUT2D eigenvalue weighted by Crippen LogP contribution is -2.62. The summed E-state index contributed by atoms with van der Waals surface area (Å²) in [6.45, 7) is 0.0640. The van der Waals surface area contributed by atoms with Crippen LogP contribution in [0.25, 0.3) is 0 Å². The summed E-state index contributed by atoms with van der Waals surface area (Å²) in [5, 5.41) is 11.1. The van der Waals surface area contributed by atoms with Gasteiger partial charge in [0.25, 0.3) is 0 Å². The normalized spacial score (nSPS) is 21.4. The van der Waals surface area contributed by atoms with Gasteiger partial charge in [-0.15, -0.1) is 0 Å². The second kappa shape index (κ2) is 14.4. The van der Waals surface area contributed by atoms with Gasteiger partial charge >= 0.3 is 17.9 Å². The molecule has 0 aromatic heterocycles. The lowest BCUT2D eigenvalue weighted by atomic mass is 9.97. The lowest BCUT2D eigenvalue weighted by molar-refractivity contribution is -0.286. The molecule has 220 valence electrons. The molecular weight excluding hydrogens is 552 g/mol. The lowest BCUT2D eigenvalue weighted by Gasteiger charge is -2.43. The van der Waals surface area contributed by atoms with E-state index in [4.69, 9.17) is 23.7 Å². The van der Waals surface area contributed by atoms with Crippen LogP contribution in [0.1, 0.15) is 36.6 Å². The Morgan fingerprint density at radius 2 is 0.953 bits per heavy atom. The Labute approximate surface area is 248 Å². The molecule has 5 rings (SSSR count). The molecule has 1 saturated heterocycles. The highest BCUT2D eigenvalue weighted by atomic mass is 16.7. The van der Waals surface area contributed by atoms with Gasteiger partial charge in [-0.25, -0.2) is 14.4 Å². The van der Waals surface area contributed by atoms with Crippen LogP contribution >= 0.6 is 0 Å². The van der Waals surface area contributed by atoms with Crippen molar-refractivity contribution in [2.24, 2.45) is 0 Å². The van der Waals surface area contributed by atoms with Gasteiger partial charge in [0, 0.05) is 0 Å². The van der Waals surface area contributed by atoms with Crippen molar-refractivity contribution in [3.05, 3.63) is 144 Å². The summed E-state index contributed by atoms with van der Waals surface area (Å²) in [5.41, 5.74) is 1.54. The van der Waals surface area contributed by atoms with E-state index in [0.29, 0.717) is 0 Å². The maximum Gasteiger partial charge on any atom is 0.338 e. The zero-order valence-corrected chi connectivity index (χ0v) is 23.1. The summed E-state index contributed by atoms with van der Waals surface area (Å²) in [4.78, 5) is 39.6. The molecule has 1 aliphatic heterocycles. The molecule has 4 aromatic rings. The number of aliphatic hydroxyl groups is 1. The van der Waals surface area contributed by atoms with E-state index in [2.05, 4.69) is 0 Å². The molecule has 43 heavy (non-hydrogen) atoms. The van der Waals surface area contributed by atoms with Crippen molar-refractivity contribution in [3.63, 3.8) is 0 Å². The van der Waals surface area contributed by atoms with Crippen LogP contribution in [0.15, 0.2) is 121 Å². The fourth-order valence-corrected chi connectivity index (χ4v) is 4.60. The molecule has 0 spiro atoms. The number of benzene rings is 4. The first-order valence-corrected chi connectivity index (χ1v) is 13.7. The minimum absolute atomic E-state index is 0.141. The highest BCUT2D eigenvalue weighted by Gasteiger charge is 2.52. The van der Waals surface area contributed by atoms with E-state index >= 15 is 0 Å². The molecule has 1 N–H and O–H groups in total. The van der Waals surface area contributed by atoms with E-state index in [0.717, 1.165) is 5.56 Å². The molecule has 9 heteroatoms. The summed E-state index contributed by atoms with van der Waals surface area (Å²) >= 11 is 0. The number of ether oxygens (including phenoxy) is 5. The largest absolute Gasteiger partial charge is 0.452 e. The molecule has 4 aromatic carbocycles. The third-order valence-corrected chi connectivity index (χ3v) is 6.76. The van der Waals surface area contributed by atoms with E-state index in [-0.39, 0.29) is 29.9 Å². The Morgan fingerprint density at radius 3 is 1.42 bits per heavy atom. The third-order valence-electron chi connectivity index (χ3n) is 6.76. The molecule has 9 nitrogen and oxygen atoms in total. The van der Waals surface area contributed by atoms with E-state index in [1.165, 1.54) is 12.1 Å². The van der Waals surface area contributed by atoms with Crippen molar-refractivity contribution in [3.8, 4) is 0 Å². The summed E-state index contributed by atoms with van der Waals surface area (Å²) in [6.07, 6.45) is -7.15. The van der Waals surface area contributed by atoms with E-state index < -0.39 is 48.6 Å². The van der Waals surface area contributed by atoms with Crippen molar-refractivity contribution >= 4 is 17.9 Å². The van der Waals surface area contributed by atoms with Gasteiger partial charge in [-0.1, -0.05) is 84.9 Å². The van der Waals surface area contributed by atoms with Gasteiger partial charge in [-0.05, 0) is 42.0 Å². The van der Waals surface area contributed by atoms with Gasteiger partial charge in [-0.3, -0.25) is 0 Å². The van der Waals surface area contributed by atoms with Crippen LogP contribution in [0.5, 0.6) is 0 Å². The number of rotatable bonds is 10. The Balaban J connectivity index is 1.45. The molecule has 0 amide bonds. The second-order valence-electron chi connectivity index (χ2n) is 9.77. The Bertz CT molecular complexity index is 1480. The first kappa shape index (κ1) is 29.7. The summed E-state index contributed by atoms with van der Waals surface area (Å²) in [6, 6.07) is 33.9. The number of carbonyl (C=O) groups excluding carboxylic acids is 3. The van der Waals surface area contributed by atoms with Gasteiger partial charge in [0.05, 0.1) is 29.9 Å². The van der Waals surface area contributed by atoms with Crippen molar-refractivity contribution < 1.29 is 43.2 Å². The van der Waals surface area contributed by atoms with Crippen LogP contribution in [0.3, 0.4) is 0 Å². The molecule has 1 heterocycles. The number of esters is 3. The number of hydrogen-bond donors (Lipinski definition) is 1. The van der Waals surface area contributed by atoms with Gasteiger partial charge in [0.15, 0.2) is 24.6 Å². The zero-order valence-electron chi connectivity index (χ0n) is 23.1. The first-order valence-electron chi connectivity index (χ1n) is 13.7. The van der Waals surface area contributed by atoms with Gasteiger partial charge in [0.1, 0.15) is 6.10 Å². The predicted octanol–water partition coefficient (Wildman–Crippen LogP) is 4.60. The topological polar surface area (TPSA) is 118 Å². The molecule has 0 saturated carbocycles. The van der Waals surface area contributed by atoms with Crippen molar-refractivity contribution in [2.45, 2.75) is 37.3 Å². The van der Waals surface area contributed by atoms with Crippen LogP contribution in [0.4, 0.5) is 0 Å². The average molecular weight is 583 g/mol.